The molecule has 0 aliphatic carbocycles. The van der Waals surface area contributed by atoms with E-state index < -0.39 is 0 Å². The first-order chi connectivity index (χ1) is 4.33. The second-order valence-corrected chi connectivity index (χ2v) is 1.57. The first-order valence-corrected chi connectivity index (χ1v) is 3.19. The Kier molecular flexibility index (Phi) is 38.2. The van der Waals surface area contributed by atoms with Crippen LogP contribution in [-0.4, -0.2) is 14.1 Å². The molecular weight excluding hydrogens is 146 g/mol. The van der Waals surface area contributed by atoms with Crippen molar-refractivity contribution in [3.05, 3.63) is 24.8 Å². The van der Waals surface area contributed by atoms with E-state index in [1.165, 1.54) is 0 Å². The summed E-state index contributed by atoms with van der Waals surface area (Å²) < 4.78 is 0. The topological polar surface area (TPSA) is 12.0 Å². The fourth-order valence-electron chi connectivity index (χ4n) is 0.232. The van der Waals surface area contributed by atoms with Gasteiger partial charge in [-0.3, -0.25) is 0 Å². The summed E-state index contributed by atoms with van der Waals surface area (Å²) in [7, 11) is 3.75. The monoisotopic (exact) mass is 163 g/mol. The molecule has 62 valence electrons. The fraction of sp³-hybridized carbons (Fsp3) is 0.500. The van der Waals surface area contributed by atoms with Crippen molar-refractivity contribution >= 4 is 12.4 Å². The Labute approximate surface area is 70.6 Å². The lowest BCUT2D eigenvalue weighted by molar-refractivity contribution is 1.02. The maximum atomic E-state index is 3.51. The molecule has 0 fully saturated rings. The van der Waals surface area contributed by atoms with E-state index in [9.17, 15) is 0 Å². The van der Waals surface area contributed by atoms with Gasteiger partial charge in [0.25, 0.3) is 0 Å². The highest BCUT2D eigenvalue weighted by molar-refractivity contribution is 5.85. The molecule has 0 saturated carbocycles. The van der Waals surface area contributed by atoms with Crippen LogP contribution in [0.1, 0.15) is 13.3 Å². The van der Waals surface area contributed by atoms with Crippen LogP contribution >= 0.6 is 12.4 Å². The lowest BCUT2D eigenvalue weighted by atomic mass is 10.4. The Morgan fingerprint density at radius 2 is 1.80 bits per heavy atom. The molecule has 1 N–H and O–H groups in total. The van der Waals surface area contributed by atoms with Gasteiger partial charge in [-0.15, -0.1) is 12.4 Å². The summed E-state index contributed by atoms with van der Waals surface area (Å²) in [6.07, 6.45) is 6.89. The lowest BCUT2D eigenvalue weighted by Gasteiger charge is -1.67. The predicted octanol–water partition coefficient (Wildman–Crippen LogP) is 2.40. The molecule has 0 saturated heterocycles. The van der Waals surface area contributed by atoms with E-state index in [0.717, 1.165) is 6.42 Å². The molecule has 0 aliphatic rings. The smallest absolute Gasteiger partial charge is 0.0167 e. The highest BCUT2D eigenvalue weighted by atomic mass is 35.5. The van der Waals surface area contributed by atoms with Crippen LogP contribution in [0.15, 0.2) is 24.8 Å². The van der Waals surface area contributed by atoms with Crippen LogP contribution in [0.5, 0.6) is 0 Å². The van der Waals surface area contributed by atoms with Gasteiger partial charge in [0.05, 0.1) is 0 Å². The van der Waals surface area contributed by atoms with Crippen LogP contribution in [0.3, 0.4) is 0 Å². The minimum atomic E-state index is 0. The fourth-order valence-corrected chi connectivity index (χ4v) is 0.232. The average molecular weight is 164 g/mol. The largest absolute Gasteiger partial charge is 0.323 e. The van der Waals surface area contributed by atoms with Gasteiger partial charge in [0.1, 0.15) is 0 Å². The van der Waals surface area contributed by atoms with Gasteiger partial charge >= 0.3 is 0 Å². The molecule has 10 heavy (non-hydrogen) atoms. The summed E-state index contributed by atoms with van der Waals surface area (Å²) in [6.45, 7) is 5.61. The normalized spacial score (nSPS) is 7.50. The third-order valence-electron chi connectivity index (χ3n) is 0.508. The summed E-state index contributed by atoms with van der Waals surface area (Å²) in [6, 6.07) is 0. The SMILES string of the molecule is C=CC=CCC.CNC.Cl. The van der Waals surface area contributed by atoms with E-state index >= 15 is 0 Å². The molecule has 0 radical (unpaired) electrons. The molecule has 0 aromatic carbocycles. The van der Waals surface area contributed by atoms with Crippen LogP contribution in [0.2, 0.25) is 0 Å². The number of nitrogens with one attached hydrogen (secondary N) is 1. The second kappa shape index (κ2) is 23.3. The maximum absolute atomic E-state index is 3.51. The van der Waals surface area contributed by atoms with Gasteiger partial charge in [-0.1, -0.05) is 31.7 Å². The quantitative estimate of drug-likeness (QED) is 0.617. The number of rotatable bonds is 2. The highest BCUT2D eigenvalue weighted by Crippen LogP contribution is 1.76. The summed E-state index contributed by atoms with van der Waals surface area (Å²) >= 11 is 0. The van der Waals surface area contributed by atoms with Crippen molar-refractivity contribution in [3.63, 3.8) is 0 Å². The van der Waals surface area contributed by atoms with E-state index in [1.807, 2.05) is 20.2 Å². The molecule has 0 amide bonds. The van der Waals surface area contributed by atoms with Gasteiger partial charge in [0.15, 0.2) is 0 Å². The molecule has 2 heteroatoms. The van der Waals surface area contributed by atoms with Crippen molar-refractivity contribution in [1.29, 1.82) is 0 Å². The summed E-state index contributed by atoms with van der Waals surface area (Å²) in [5.74, 6) is 0. The molecule has 0 spiro atoms. The van der Waals surface area contributed by atoms with Crippen LogP contribution in [0.4, 0.5) is 0 Å². The minimum Gasteiger partial charge on any atom is -0.323 e. The summed E-state index contributed by atoms with van der Waals surface area (Å²) in [5, 5.41) is 2.75. The Hall–Kier alpha value is -0.270. The van der Waals surface area contributed by atoms with E-state index in [-0.39, 0.29) is 12.4 Å². The van der Waals surface area contributed by atoms with E-state index in [1.54, 1.807) is 6.08 Å². The Morgan fingerprint density at radius 3 is 1.90 bits per heavy atom. The molecule has 0 bridgehead atoms. The third kappa shape index (κ3) is 47.0. The van der Waals surface area contributed by atoms with Crippen LogP contribution in [-0.2, 0) is 0 Å². The van der Waals surface area contributed by atoms with Gasteiger partial charge in [-0.05, 0) is 20.5 Å². The van der Waals surface area contributed by atoms with Crippen LogP contribution in [0.25, 0.3) is 0 Å². The van der Waals surface area contributed by atoms with Gasteiger partial charge < -0.3 is 5.32 Å². The zero-order valence-electron chi connectivity index (χ0n) is 7.05. The van der Waals surface area contributed by atoms with E-state index in [2.05, 4.69) is 24.9 Å². The standard InChI is InChI=1S/C6H10.C2H7N.ClH/c1-3-5-6-4-2;1-3-2;/h3,5-6H,1,4H2,2H3;3H,1-2H3;1H. The van der Waals surface area contributed by atoms with Crippen molar-refractivity contribution in [1.82, 2.24) is 5.32 Å². The predicted molar refractivity (Wildman–Crippen MR) is 51.9 cm³/mol. The average Bonchev–Trinajstić information content (AvgIpc) is 1.86. The van der Waals surface area contributed by atoms with Crippen LogP contribution < -0.4 is 5.32 Å². The Bertz CT molecular complexity index is 69.7. The molecule has 0 heterocycles. The molecule has 0 aromatic heterocycles. The van der Waals surface area contributed by atoms with Gasteiger partial charge in [-0.25, -0.2) is 0 Å². The van der Waals surface area contributed by atoms with Crippen LogP contribution in [0, 0.1) is 0 Å². The molecule has 0 rings (SSSR count). The Morgan fingerprint density at radius 1 is 1.40 bits per heavy atom. The van der Waals surface area contributed by atoms with Crippen molar-refractivity contribution < 1.29 is 0 Å². The Balaban J connectivity index is -0.000000107. The summed E-state index contributed by atoms with van der Waals surface area (Å²) in [4.78, 5) is 0. The van der Waals surface area contributed by atoms with Crippen molar-refractivity contribution in [2.75, 3.05) is 14.1 Å². The van der Waals surface area contributed by atoms with E-state index in [0.29, 0.717) is 0 Å². The molecular formula is C8H18ClN. The summed E-state index contributed by atoms with van der Waals surface area (Å²) in [5.41, 5.74) is 0. The number of allylic oxidation sites excluding steroid dienone is 3. The minimum absolute atomic E-state index is 0. The highest BCUT2D eigenvalue weighted by Gasteiger charge is 1.55. The first-order valence-electron chi connectivity index (χ1n) is 3.19. The molecule has 0 unspecified atom stereocenters. The second-order valence-electron chi connectivity index (χ2n) is 1.57. The van der Waals surface area contributed by atoms with Crippen molar-refractivity contribution in [2.45, 2.75) is 13.3 Å². The zero-order chi connectivity index (χ0) is 7.54. The molecule has 1 nitrogen and oxygen atoms in total. The molecule has 0 aliphatic heterocycles. The lowest BCUT2D eigenvalue weighted by Crippen LogP contribution is -1.89. The third-order valence-corrected chi connectivity index (χ3v) is 0.508. The number of hydrogen-bond donors (Lipinski definition) is 1. The zero-order valence-corrected chi connectivity index (χ0v) is 7.87. The van der Waals surface area contributed by atoms with Crippen molar-refractivity contribution in [2.24, 2.45) is 0 Å². The van der Waals surface area contributed by atoms with Crippen molar-refractivity contribution in [3.8, 4) is 0 Å². The number of hydrogen-bond acceptors (Lipinski definition) is 1. The first kappa shape index (κ1) is 16.4. The molecule has 0 aromatic rings. The van der Waals surface area contributed by atoms with Gasteiger partial charge in [0, 0.05) is 0 Å². The van der Waals surface area contributed by atoms with Gasteiger partial charge in [-0.2, -0.15) is 0 Å². The number of halogens is 1. The molecule has 0 atom stereocenters. The maximum Gasteiger partial charge on any atom is -0.0167 e. The van der Waals surface area contributed by atoms with E-state index in [4.69, 9.17) is 0 Å². The van der Waals surface area contributed by atoms with Gasteiger partial charge in [0.2, 0.25) is 0 Å².